The molecule has 0 unspecified atom stereocenters. The summed E-state index contributed by atoms with van der Waals surface area (Å²) in [5, 5.41) is 9.24. The highest BCUT2D eigenvalue weighted by Crippen LogP contribution is 2.30. The topological polar surface area (TPSA) is 83.6 Å². The van der Waals surface area contributed by atoms with Gasteiger partial charge in [0.05, 0.1) is 11.5 Å². The van der Waals surface area contributed by atoms with Crippen molar-refractivity contribution in [2.45, 2.75) is 43.0 Å². The molecule has 0 aliphatic heterocycles. The van der Waals surface area contributed by atoms with Gasteiger partial charge in [-0.1, -0.05) is 19.3 Å². The monoisotopic (exact) mass is 376 g/mol. The average Bonchev–Trinajstić information content (AvgIpc) is 2.48. The molecular weight excluding hydrogens is 356 g/mol. The van der Waals surface area contributed by atoms with Crippen LogP contribution in [0.25, 0.3) is 0 Å². The number of rotatable bonds is 5. The van der Waals surface area contributed by atoms with Crippen LogP contribution in [0.2, 0.25) is 0 Å². The molecule has 3 N–H and O–H groups in total. The number of anilines is 1. The molecule has 0 atom stereocenters. The normalized spacial score (nSPS) is 17.3. The van der Waals surface area contributed by atoms with Crippen molar-refractivity contribution >= 4 is 31.6 Å². The predicted octanol–water partition coefficient (Wildman–Crippen LogP) is 2.35. The van der Waals surface area contributed by atoms with Crippen molar-refractivity contribution in [3.05, 3.63) is 22.7 Å². The van der Waals surface area contributed by atoms with Gasteiger partial charge in [0.2, 0.25) is 10.0 Å². The van der Waals surface area contributed by atoms with Gasteiger partial charge < -0.3 is 10.8 Å². The van der Waals surface area contributed by atoms with E-state index in [-0.39, 0.29) is 24.1 Å². The molecule has 2 rings (SSSR count). The zero-order chi connectivity index (χ0) is 15.5. The van der Waals surface area contributed by atoms with E-state index < -0.39 is 10.0 Å². The summed E-state index contributed by atoms with van der Waals surface area (Å²) in [4.78, 5) is 0.211. The van der Waals surface area contributed by atoms with Gasteiger partial charge in [-0.25, -0.2) is 8.42 Å². The Hall–Kier alpha value is -0.630. The lowest BCUT2D eigenvalue weighted by molar-refractivity contribution is 0.199. The highest BCUT2D eigenvalue weighted by Gasteiger charge is 2.32. The number of benzene rings is 1. The lowest BCUT2D eigenvalue weighted by atomic mass is 9.95. The van der Waals surface area contributed by atoms with Crippen LogP contribution in [-0.2, 0) is 10.0 Å². The summed E-state index contributed by atoms with van der Waals surface area (Å²) in [6.45, 7) is -0.0408. The summed E-state index contributed by atoms with van der Waals surface area (Å²) in [6, 6.07) is 4.60. The summed E-state index contributed by atoms with van der Waals surface area (Å²) in [5.41, 5.74) is 6.21. The van der Waals surface area contributed by atoms with E-state index in [9.17, 15) is 13.5 Å². The van der Waals surface area contributed by atoms with E-state index in [1.165, 1.54) is 16.4 Å². The number of nitrogen functional groups attached to an aromatic ring is 1. The molecule has 118 valence electrons. The van der Waals surface area contributed by atoms with E-state index >= 15 is 0 Å². The van der Waals surface area contributed by atoms with Crippen molar-refractivity contribution in [2.75, 3.05) is 18.9 Å². The third-order valence-electron chi connectivity index (χ3n) is 3.88. The Morgan fingerprint density at radius 3 is 2.52 bits per heavy atom. The van der Waals surface area contributed by atoms with Crippen LogP contribution in [0.3, 0.4) is 0 Å². The molecule has 7 heteroatoms. The Bertz CT molecular complexity index is 586. The van der Waals surface area contributed by atoms with Crippen LogP contribution >= 0.6 is 15.9 Å². The third kappa shape index (κ3) is 3.77. The molecule has 1 fully saturated rings. The molecule has 0 amide bonds. The second-order valence-electron chi connectivity index (χ2n) is 5.31. The summed E-state index contributed by atoms with van der Waals surface area (Å²) in [6.07, 6.45) is 4.93. The SMILES string of the molecule is Nc1ccc(S(=O)(=O)N(CCO)C2CCCCC2)cc1Br. The first-order valence-electron chi connectivity index (χ1n) is 7.14. The number of hydrogen-bond donors (Lipinski definition) is 2. The van der Waals surface area contributed by atoms with Crippen molar-refractivity contribution in [3.8, 4) is 0 Å². The number of aliphatic hydroxyl groups excluding tert-OH is 1. The molecule has 21 heavy (non-hydrogen) atoms. The fraction of sp³-hybridized carbons (Fsp3) is 0.571. The van der Waals surface area contributed by atoms with Crippen LogP contribution in [0, 0.1) is 0 Å². The Labute approximate surface area is 134 Å². The van der Waals surface area contributed by atoms with E-state index in [2.05, 4.69) is 15.9 Å². The first-order valence-corrected chi connectivity index (χ1v) is 9.38. The van der Waals surface area contributed by atoms with Crippen LogP contribution in [0.1, 0.15) is 32.1 Å². The molecular formula is C14H21BrN2O3S. The summed E-state index contributed by atoms with van der Waals surface area (Å²) >= 11 is 3.27. The molecule has 0 bridgehead atoms. The van der Waals surface area contributed by atoms with E-state index in [0.29, 0.717) is 10.2 Å². The van der Waals surface area contributed by atoms with Gasteiger partial charge in [0.25, 0.3) is 0 Å². The van der Waals surface area contributed by atoms with Crippen molar-refractivity contribution < 1.29 is 13.5 Å². The zero-order valence-corrected chi connectivity index (χ0v) is 14.2. The van der Waals surface area contributed by atoms with Gasteiger partial charge in [0.1, 0.15) is 0 Å². The molecule has 0 heterocycles. The fourth-order valence-corrected chi connectivity index (χ4v) is 5.00. The summed E-state index contributed by atoms with van der Waals surface area (Å²) in [5.74, 6) is 0. The Kier molecular flexibility index (Phi) is 5.65. The molecule has 0 radical (unpaired) electrons. The smallest absolute Gasteiger partial charge is 0.243 e. The maximum atomic E-state index is 12.8. The lowest BCUT2D eigenvalue weighted by Gasteiger charge is -2.33. The minimum Gasteiger partial charge on any atom is -0.398 e. The lowest BCUT2D eigenvalue weighted by Crippen LogP contribution is -2.43. The molecule has 1 aliphatic carbocycles. The predicted molar refractivity (Wildman–Crippen MR) is 86.4 cm³/mol. The van der Waals surface area contributed by atoms with Gasteiger partial charge in [-0.15, -0.1) is 0 Å². The maximum absolute atomic E-state index is 12.8. The van der Waals surface area contributed by atoms with E-state index in [4.69, 9.17) is 5.73 Å². The number of hydrogen-bond acceptors (Lipinski definition) is 4. The van der Waals surface area contributed by atoms with Gasteiger partial charge in [-0.05, 0) is 47.0 Å². The standard InChI is InChI=1S/C14H21BrN2O3S/c15-13-10-12(6-7-14(13)16)21(19,20)17(8-9-18)11-4-2-1-3-5-11/h6-7,10-11,18H,1-5,8-9,16H2. The molecule has 1 aliphatic rings. The number of nitrogens with zero attached hydrogens (tertiary/aromatic N) is 1. The second kappa shape index (κ2) is 7.09. The summed E-state index contributed by atoms with van der Waals surface area (Å²) in [7, 11) is -3.61. The van der Waals surface area contributed by atoms with Crippen LogP contribution in [0.4, 0.5) is 5.69 Å². The second-order valence-corrected chi connectivity index (χ2v) is 8.06. The number of nitrogens with two attached hydrogens (primary N) is 1. The van der Waals surface area contributed by atoms with Crippen molar-refractivity contribution in [1.29, 1.82) is 0 Å². The third-order valence-corrected chi connectivity index (χ3v) is 6.52. The Balaban J connectivity index is 2.34. The quantitative estimate of drug-likeness (QED) is 0.772. The van der Waals surface area contributed by atoms with Gasteiger partial charge in [-0.3, -0.25) is 0 Å². The minimum absolute atomic E-state index is 0.0211. The van der Waals surface area contributed by atoms with Crippen molar-refractivity contribution in [1.82, 2.24) is 4.31 Å². The Morgan fingerprint density at radius 2 is 1.95 bits per heavy atom. The van der Waals surface area contributed by atoms with E-state index in [0.717, 1.165) is 32.1 Å². The van der Waals surface area contributed by atoms with Crippen LogP contribution in [0.15, 0.2) is 27.6 Å². The Morgan fingerprint density at radius 1 is 1.29 bits per heavy atom. The van der Waals surface area contributed by atoms with Crippen molar-refractivity contribution in [3.63, 3.8) is 0 Å². The molecule has 1 aromatic carbocycles. The molecule has 5 nitrogen and oxygen atoms in total. The van der Waals surface area contributed by atoms with Gasteiger partial charge in [0, 0.05) is 22.7 Å². The van der Waals surface area contributed by atoms with Gasteiger partial charge in [-0.2, -0.15) is 4.31 Å². The molecule has 1 saturated carbocycles. The van der Waals surface area contributed by atoms with Gasteiger partial charge >= 0.3 is 0 Å². The van der Waals surface area contributed by atoms with Crippen LogP contribution in [0.5, 0.6) is 0 Å². The first-order chi connectivity index (χ1) is 9.96. The van der Waals surface area contributed by atoms with Gasteiger partial charge in [0.15, 0.2) is 0 Å². The highest BCUT2D eigenvalue weighted by atomic mass is 79.9. The highest BCUT2D eigenvalue weighted by molar-refractivity contribution is 9.10. The molecule has 1 aromatic rings. The van der Waals surface area contributed by atoms with E-state index in [1.54, 1.807) is 6.07 Å². The number of halogens is 1. The first kappa shape index (κ1) is 16.7. The average molecular weight is 377 g/mol. The fourth-order valence-electron chi connectivity index (χ4n) is 2.77. The number of aliphatic hydroxyl groups is 1. The van der Waals surface area contributed by atoms with Crippen molar-refractivity contribution in [2.24, 2.45) is 0 Å². The van der Waals surface area contributed by atoms with Crippen LogP contribution < -0.4 is 5.73 Å². The zero-order valence-electron chi connectivity index (χ0n) is 11.8. The number of sulfonamides is 1. The summed E-state index contributed by atoms with van der Waals surface area (Å²) < 4.78 is 27.7. The molecule has 0 spiro atoms. The molecule has 0 saturated heterocycles. The van der Waals surface area contributed by atoms with E-state index in [1.807, 2.05) is 0 Å². The molecule has 0 aromatic heterocycles. The maximum Gasteiger partial charge on any atom is 0.243 e. The van der Waals surface area contributed by atoms with Crippen LogP contribution in [-0.4, -0.2) is 37.0 Å². The minimum atomic E-state index is -3.61. The largest absolute Gasteiger partial charge is 0.398 e.